The fraction of sp³-hybridized carbons (Fsp3) is 0.800. The third-order valence-corrected chi connectivity index (χ3v) is 9.21. The molecule has 0 aromatic rings. The van der Waals surface area contributed by atoms with Crippen LogP contribution in [0, 0.1) is 11.8 Å². The highest BCUT2D eigenvalue weighted by Gasteiger charge is 2.62. The van der Waals surface area contributed by atoms with Crippen LogP contribution in [0.4, 0.5) is 0 Å². The molecule has 7 nitrogen and oxygen atoms in total. The number of fused-ring (bicyclic) bond motifs is 6. The van der Waals surface area contributed by atoms with E-state index in [1.54, 1.807) is 0 Å². The van der Waals surface area contributed by atoms with E-state index in [0.717, 1.165) is 56.9 Å². The molecular weight excluding hydrogens is 713 g/mol. The molecule has 0 amide bonds. The van der Waals surface area contributed by atoms with Crippen molar-refractivity contribution in [3.05, 3.63) is 47.6 Å². The summed E-state index contributed by atoms with van der Waals surface area (Å²) in [6.07, 6.45) is 11.5. The van der Waals surface area contributed by atoms with Gasteiger partial charge in [-0.3, -0.25) is 0 Å². The number of hydrogen-bond donors (Lipinski definition) is 1. The quantitative estimate of drug-likeness (QED) is 0.122. The standard InChI is InChI=1S/C15H20O4.C15H20O3.20CH4/c1-9-11-6-5-10(8-16)4-3-7-15(2)13(19-15)12(11)18-14(9)17;1-9-5-4-8-15(3)13(18-15)12-11(7-6-9)10(2)14(16)17-12;;;;;;;;;;;;;;;;;;;;/h4,11-13,16H,1,3,5-8H2,2H3;5,11-13H,2,4,6-8H2,1,3H3;20*1H4/b10-4+;9-5+;;;;;;;;;;;;;;;;;;;;/t2*11-,12-,13-,15+;;;;;;;;;;;;;;;;;;;;/m00..................../s1. The normalized spacial score (nSPS) is 29.6. The van der Waals surface area contributed by atoms with Gasteiger partial charge in [-0.1, -0.05) is 179 Å². The van der Waals surface area contributed by atoms with E-state index in [1.165, 1.54) is 5.57 Å². The van der Waals surface area contributed by atoms with E-state index in [-0.39, 0.29) is 215 Å². The van der Waals surface area contributed by atoms with Gasteiger partial charge in [0.2, 0.25) is 0 Å². The van der Waals surface area contributed by atoms with Crippen molar-refractivity contribution in [1.82, 2.24) is 0 Å². The molecule has 6 aliphatic rings. The first-order chi connectivity index (χ1) is 17.6. The molecule has 362 valence electrons. The lowest BCUT2D eigenvalue weighted by atomic mass is 9.84. The molecule has 0 unspecified atom stereocenters. The molecule has 2 aliphatic carbocycles. The van der Waals surface area contributed by atoms with E-state index in [9.17, 15) is 14.7 Å². The van der Waals surface area contributed by atoms with Crippen LogP contribution in [0.15, 0.2) is 47.6 Å². The molecule has 4 fully saturated rings. The number of carbonyl (C=O) groups excluding carboxylic acids is 2. The third-order valence-electron chi connectivity index (χ3n) is 9.21. The Balaban J connectivity index is -0.0000000312. The first kappa shape index (κ1) is 105. The average Bonchev–Trinajstić information content (AvgIpc) is 3.67. The molecule has 4 saturated heterocycles. The van der Waals surface area contributed by atoms with Gasteiger partial charge in [-0.15, -0.1) is 0 Å². The Hall–Kier alpha value is -2.22. The Morgan fingerprint density at radius 1 is 0.579 bits per heavy atom. The number of epoxide rings is 2. The van der Waals surface area contributed by atoms with Crippen LogP contribution in [0.5, 0.6) is 0 Å². The topological polar surface area (TPSA) is 97.9 Å². The van der Waals surface area contributed by atoms with Crippen LogP contribution in [0.2, 0.25) is 0 Å². The lowest BCUT2D eigenvalue weighted by Crippen LogP contribution is -2.29. The van der Waals surface area contributed by atoms with Gasteiger partial charge in [-0.2, -0.15) is 0 Å². The van der Waals surface area contributed by atoms with Crippen LogP contribution in [0.3, 0.4) is 0 Å². The molecule has 6 rings (SSSR count). The maximum atomic E-state index is 11.7. The molecule has 8 atom stereocenters. The maximum absolute atomic E-state index is 11.7. The minimum atomic E-state index is -0.290. The third kappa shape index (κ3) is 21.6. The molecule has 4 heterocycles. The van der Waals surface area contributed by atoms with Gasteiger partial charge in [0.15, 0.2) is 0 Å². The molecule has 0 radical (unpaired) electrons. The van der Waals surface area contributed by atoms with Crippen molar-refractivity contribution in [1.29, 1.82) is 0 Å². The van der Waals surface area contributed by atoms with Crippen molar-refractivity contribution in [2.24, 2.45) is 11.8 Å². The summed E-state index contributed by atoms with van der Waals surface area (Å²) in [7, 11) is 0. The number of ether oxygens (including phenoxy) is 4. The molecule has 0 aromatic carbocycles. The Morgan fingerprint density at radius 2 is 0.895 bits per heavy atom. The second-order valence-electron chi connectivity index (χ2n) is 11.9. The van der Waals surface area contributed by atoms with Crippen LogP contribution in [0.25, 0.3) is 0 Å². The Morgan fingerprint density at radius 3 is 1.23 bits per heavy atom. The average molecular weight is 834 g/mol. The molecule has 1 N–H and O–H groups in total. The van der Waals surface area contributed by atoms with Gasteiger partial charge in [0.05, 0.1) is 17.8 Å². The Labute approximate surface area is 367 Å². The zero-order valence-corrected chi connectivity index (χ0v) is 22.3. The van der Waals surface area contributed by atoms with Crippen LogP contribution >= 0.6 is 0 Å². The van der Waals surface area contributed by atoms with E-state index in [1.807, 2.05) is 0 Å². The van der Waals surface area contributed by atoms with Crippen LogP contribution < -0.4 is 0 Å². The van der Waals surface area contributed by atoms with Crippen molar-refractivity contribution in [3.63, 3.8) is 0 Å². The summed E-state index contributed by atoms with van der Waals surface area (Å²) in [5, 5.41) is 9.35. The second kappa shape index (κ2) is 40.6. The van der Waals surface area contributed by atoms with Crippen molar-refractivity contribution in [2.45, 2.75) is 256 Å². The predicted octanol–water partition coefficient (Wildman–Crippen LogP) is 17.2. The van der Waals surface area contributed by atoms with Crippen molar-refractivity contribution < 1.29 is 33.6 Å². The lowest BCUT2D eigenvalue weighted by molar-refractivity contribution is -0.140. The number of hydrogen-bond acceptors (Lipinski definition) is 7. The molecular formula is C50H120O7. The number of rotatable bonds is 1. The molecule has 4 aliphatic heterocycles. The maximum Gasteiger partial charge on any atom is 0.334 e. The van der Waals surface area contributed by atoms with Crippen molar-refractivity contribution in [3.8, 4) is 0 Å². The van der Waals surface area contributed by atoms with Gasteiger partial charge >= 0.3 is 11.9 Å². The number of aliphatic hydroxyl groups is 1. The number of esters is 2. The summed E-state index contributed by atoms with van der Waals surface area (Å²) in [5.74, 6) is -0.372. The van der Waals surface area contributed by atoms with Crippen molar-refractivity contribution in [2.75, 3.05) is 6.61 Å². The van der Waals surface area contributed by atoms with Gasteiger partial charge in [0.1, 0.15) is 24.4 Å². The lowest BCUT2D eigenvalue weighted by Gasteiger charge is -2.19. The monoisotopic (exact) mass is 833 g/mol. The van der Waals surface area contributed by atoms with E-state index >= 15 is 0 Å². The molecule has 0 aromatic heterocycles. The van der Waals surface area contributed by atoms with Crippen LogP contribution in [0.1, 0.15) is 221 Å². The zero-order valence-electron chi connectivity index (χ0n) is 22.3. The largest absolute Gasteiger partial charge is 0.455 e. The Bertz CT molecular complexity index is 1060. The summed E-state index contributed by atoms with van der Waals surface area (Å²) in [6.45, 7) is 14.2. The predicted molar refractivity (Wildman–Crippen MR) is 272 cm³/mol. The van der Waals surface area contributed by atoms with E-state index in [4.69, 9.17) is 18.9 Å². The smallest absolute Gasteiger partial charge is 0.334 e. The van der Waals surface area contributed by atoms with Crippen LogP contribution in [-0.4, -0.2) is 59.3 Å². The van der Waals surface area contributed by atoms with Crippen LogP contribution in [-0.2, 0) is 28.5 Å². The van der Waals surface area contributed by atoms with Crippen molar-refractivity contribution >= 4 is 11.9 Å². The number of aliphatic hydroxyl groups excluding tert-OH is 1. The highest BCUT2D eigenvalue weighted by atomic mass is 16.7. The summed E-state index contributed by atoms with van der Waals surface area (Å²) >= 11 is 0. The minimum Gasteiger partial charge on any atom is -0.455 e. The molecule has 0 saturated carbocycles. The summed E-state index contributed by atoms with van der Waals surface area (Å²) < 4.78 is 22.6. The highest BCUT2D eigenvalue weighted by molar-refractivity contribution is 5.91. The molecule has 0 bridgehead atoms. The van der Waals surface area contributed by atoms with Gasteiger partial charge in [0.25, 0.3) is 0 Å². The molecule has 57 heavy (non-hydrogen) atoms. The fourth-order valence-electron chi connectivity index (χ4n) is 6.47. The van der Waals surface area contributed by atoms with E-state index in [2.05, 4.69) is 46.1 Å². The summed E-state index contributed by atoms with van der Waals surface area (Å²) in [4.78, 5) is 23.4. The number of carbonyl (C=O) groups is 2. The fourth-order valence-corrected chi connectivity index (χ4v) is 6.47. The molecule has 7 heteroatoms. The first-order valence-corrected chi connectivity index (χ1v) is 13.7. The summed E-state index contributed by atoms with van der Waals surface area (Å²) in [5.41, 5.74) is 3.31. The SMILES string of the molecule is C.C.C.C.C.C.C.C.C.C.C.C.C.C.C.C.C.C.C.C.C=C1C(=O)O[C@H]2[C@H]1CC/C(C)=C/CC[C@@]1(C)O[C@@H]21.C=C1C(=O)O[C@H]2[C@H]1CC/C(CO)=C\CC[C@@]1(C)O[C@@H]21. The first-order valence-electron chi connectivity index (χ1n) is 13.7. The minimum absolute atomic E-state index is 0. The van der Waals surface area contributed by atoms with Gasteiger partial charge < -0.3 is 24.1 Å². The van der Waals surface area contributed by atoms with Gasteiger partial charge in [-0.25, -0.2) is 9.59 Å². The second-order valence-corrected chi connectivity index (χ2v) is 11.9. The Kier molecular flexibility index (Phi) is 75.0. The molecule has 0 spiro atoms. The van der Waals surface area contributed by atoms with Gasteiger partial charge in [0, 0.05) is 23.0 Å². The highest BCUT2D eigenvalue weighted by Crippen LogP contribution is 2.51. The number of allylic oxidation sites excluding steroid dienone is 3. The van der Waals surface area contributed by atoms with E-state index in [0.29, 0.717) is 11.1 Å². The zero-order chi connectivity index (χ0) is 26.5. The van der Waals surface area contributed by atoms with E-state index < -0.39 is 0 Å². The summed E-state index contributed by atoms with van der Waals surface area (Å²) in [6, 6.07) is 0. The van der Waals surface area contributed by atoms with Gasteiger partial charge in [-0.05, 0) is 77.7 Å².